The largest absolute Gasteiger partial charge is 0.378 e. The van der Waals surface area contributed by atoms with Crippen molar-refractivity contribution in [2.75, 3.05) is 31.2 Å². The van der Waals surface area contributed by atoms with Crippen molar-refractivity contribution in [1.29, 1.82) is 0 Å². The summed E-state index contributed by atoms with van der Waals surface area (Å²) in [6, 6.07) is 9.01. The topological polar surface area (TPSA) is 58.2 Å². The zero-order valence-electron chi connectivity index (χ0n) is 10.8. The van der Waals surface area contributed by atoms with Gasteiger partial charge in [0, 0.05) is 18.1 Å². The van der Waals surface area contributed by atoms with Gasteiger partial charge in [-0.1, -0.05) is 23.7 Å². The van der Waals surface area contributed by atoms with Gasteiger partial charge in [0.1, 0.15) is 5.82 Å². The van der Waals surface area contributed by atoms with Gasteiger partial charge in [-0.05, 0) is 23.8 Å². The molecule has 0 radical (unpaired) electrons. The number of anilines is 1. The van der Waals surface area contributed by atoms with Gasteiger partial charge in [0.2, 0.25) is 0 Å². The Kier molecular flexibility index (Phi) is 3.71. The molecule has 0 spiro atoms. The van der Waals surface area contributed by atoms with E-state index < -0.39 is 0 Å². The number of aromatic nitrogens is 2. The highest BCUT2D eigenvalue weighted by Gasteiger charge is 2.14. The second-order valence-electron chi connectivity index (χ2n) is 4.58. The number of morpholine rings is 1. The number of hydrogen-bond donors (Lipinski definition) is 1. The van der Waals surface area contributed by atoms with E-state index in [1.807, 2.05) is 18.2 Å². The average Bonchev–Trinajstić information content (AvgIpc) is 2.50. The molecule has 1 saturated heterocycles. The number of H-pyrrole nitrogens is 1. The Labute approximate surface area is 121 Å². The van der Waals surface area contributed by atoms with Crippen LogP contribution in [0.3, 0.4) is 0 Å². The van der Waals surface area contributed by atoms with E-state index in [2.05, 4.69) is 15.1 Å². The normalized spacial score (nSPS) is 15.3. The lowest BCUT2D eigenvalue weighted by atomic mass is 10.1. The van der Waals surface area contributed by atoms with Gasteiger partial charge in [0.15, 0.2) is 0 Å². The summed E-state index contributed by atoms with van der Waals surface area (Å²) in [6.07, 6.45) is 0. The molecule has 0 atom stereocenters. The van der Waals surface area contributed by atoms with Gasteiger partial charge in [-0.2, -0.15) is 5.10 Å². The first-order chi connectivity index (χ1) is 9.74. The molecule has 1 fully saturated rings. The van der Waals surface area contributed by atoms with Crippen molar-refractivity contribution in [2.24, 2.45) is 0 Å². The molecule has 20 heavy (non-hydrogen) atoms. The van der Waals surface area contributed by atoms with Crippen LogP contribution in [0.4, 0.5) is 5.82 Å². The van der Waals surface area contributed by atoms with Crippen LogP contribution < -0.4 is 10.5 Å². The molecule has 2 aromatic rings. The summed E-state index contributed by atoms with van der Waals surface area (Å²) in [4.78, 5) is 14.0. The molecule has 0 aliphatic carbocycles. The van der Waals surface area contributed by atoms with Gasteiger partial charge in [-0.25, -0.2) is 5.10 Å². The molecular weight excluding hydrogens is 278 g/mol. The van der Waals surface area contributed by atoms with Crippen LogP contribution in [0.5, 0.6) is 0 Å². The molecule has 0 saturated carbocycles. The number of hydrogen-bond acceptors (Lipinski definition) is 4. The minimum atomic E-state index is -0.204. The van der Waals surface area contributed by atoms with Crippen LogP contribution in [0.15, 0.2) is 35.1 Å². The quantitative estimate of drug-likeness (QED) is 0.918. The molecule has 6 heteroatoms. The van der Waals surface area contributed by atoms with Crippen LogP contribution in [0.2, 0.25) is 5.02 Å². The zero-order valence-corrected chi connectivity index (χ0v) is 11.6. The minimum Gasteiger partial charge on any atom is -0.378 e. The molecule has 1 aliphatic rings. The Balaban J connectivity index is 1.98. The molecule has 104 valence electrons. The fourth-order valence-corrected chi connectivity index (χ4v) is 2.32. The fraction of sp³-hybridized carbons (Fsp3) is 0.286. The predicted molar refractivity (Wildman–Crippen MR) is 78.3 cm³/mol. The van der Waals surface area contributed by atoms with Crippen molar-refractivity contribution in [1.82, 2.24) is 10.2 Å². The first-order valence-electron chi connectivity index (χ1n) is 6.42. The Morgan fingerprint density at radius 2 is 1.90 bits per heavy atom. The van der Waals surface area contributed by atoms with Crippen LogP contribution in [-0.2, 0) is 4.74 Å². The smallest absolute Gasteiger partial charge is 0.272 e. The molecule has 5 nitrogen and oxygen atoms in total. The Hall–Kier alpha value is -1.85. The van der Waals surface area contributed by atoms with E-state index in [1.54, 1.807) is 12.1 Å². The zero-order chi connectivity index (χ0) is 13.9. The fourth-order valence-electron chi connectivity index (χ4n) is 2.19. The summed E-state index contributed by atoms with van der Waals surface area (Å²) in [5.74, 6) is 0.762. The monoisotopic (exact) mass is 291 g/mol. The molecule has 0 amide bonds. The Morgan fingerprint density at radius 1 is 1.20 bits per heavy atom. The van der Waals surface area contributed by atoms with Crippen LogP contribution in [0.1, 0.15) is 0 Å². The first-order valence-corrected chi connectivity index (χ1v) is 6.80. The van der Waals surface area contributed by atoms with E-state index in [0.29, 0.717) is 23.8 Å². The van der Waals surface area contributed by atoms with Gasteiger partial charge in [0.05, 0.1) is 18.8 Å². The highest BCUT2D eigenvalue weighted by atomic mass is 35.5. The summed E-state index contributed by atoms with van der Waals surface area (Å²) in [6.45, 7) is 2.91. The van der Waals surface area contributed by atoms with Gasteiger partial charge in [-0.15, -0.1) is 0 Å². The van der Waals surface area contributed by atoms with Gasteiger partial charge < -0.3 is 9.64 Å². The van der Waals surface area contributed by atoms with E-state index in [1.165, 1.54) is 0 Å². The summed E-state index contributed by atoms with van der Waals surface area (Å²) in [7, 11) is 0. The number of benzene rings is 1. The molecular formula is C14H14ClN3O2. The molecule has 2 heterocycles. The maximum absolute atomic E-state index is 11.9. The maximum atomic E-state index is 11.9. The molecule has 0 bridgehead atoms. The Morgan fingerprint density at radius 3 is 2.60 bits per heavy atom. The lowest BCUT2D eigenvalue weighted by Gasteiger charge is -2.27. The van der Waals surface area contributed by atoms with Gasteiger partial charge in [0.25, 0.3) is 5.56 Å². The summed E-state index contributed by atoms with van der Waals surface area (Å²) >= 11 is 5.87. The van der Waals surface area contributed by atoms with Crippen LogP contribution in [-0.4, -0.2) is 36.5 Å². The summed E-state index contributed by atoms with van der Waals surface area (Å²) in [5, 5.41) is 7.32. The number of nitrogens with zero attached hydrogens (tertiary/aromatic N) is 2. The van der Waals surface area contributed by atoms with Crippen molar-refractivity contribution in [3.8, 4) is 11.1 Å². The van der Waals surface area contributed by atoms with E-state index >= 15 is 0 Å². The molecule has 3 rings (SSSR count). The maximum Gasteiger partial charge on any atom is 0.272 e. The highest BCUT2D eigenvalue weighted by Crippen LogP contribution is 2.21. The SMILES string of the molecule is O=c1[nH]nc(N2CCOCC2)cc1-c1ccc(Cl)cc1. The number of halogens is 1. The van der Waals surface area contributed by atoms with Crippen molar-refractivity contribution in [2.45, 2.75) is 0 Å². The molecule has 1 aliphatic heterocycles. The van der Waals surface area contributed by atoms with E-state index in [9.17, 15) is 4.79 Å². The van der Waals surface area contributed by atoms with E-state index in [-0.39, 0.29) is 5.56 Å². The van der Waals surface area contributed by atoms with Crippen LogP contribution in [0.25, 0.3) is 11.1 Å². The lowest BCUT2D eigenvalue weighted by Crippen LogP contribution is -2.37. The number of nitrogens with one attached hydrogen (secondary N) is 1. The van der Waals surface area contributed by atoms with Crippen molar-refractivity contribution in [3.63, 3.8) is 0 Å². The summed E-state index contributed by atoms with van der Waals surface area (Å²) < 4.78 is 5.32. The average molecular weight is 292 g/mol. The van der Waals surface area contributed by atoms with Crippen molar-refractivity contribution in [3.05, 3.63) is 45.7 Å². The molecule has 1 aromatic carbocycles. The second-order valence-corrected chi connectivity index (χ2v) is 5.01. The van der Waals surface area contributed by atoms with Crippen molar-refractivity contribution >= 4 is 17.4 Å². The number of rotatable bonds is 2. The number of aromatic amines is 1. The van der Waals surface area contributed by atoms with E-state index in [0.717, 1.165) is 24.5 Å². The molecule has 1 aromatic heterocycles. The molecule has 1 N–H and O–H groups in total. The van der Waals surface area contributed by atoms with Crippen LogP contribution in [0, 0.1) is 0 Å². The standard InChI is InChI=1S/C14H14ClN3O2/c15-11-3-1-10(2-4-11)12-9-13(16-17-14(12)19)18-5-7-20-8-6-18/h1-4,9H,5-8H2,(H,17,19). The molecule has 0 unspecified atom stereocenters. The predicted octanol–water partition coefficient (Wildman–Crippen LogP) is 1.93. The van der Waals surface area contributed by atoms with Gasteiger partial charge >= 0.3 is 0 Å². The third-order valence-corrected chi connectivity index (χ3v) is 3.53. The van der Waals surface area contributed by atoms with Crippen LogP contribution >= 0.6 is 11.6 Å². The third kappa shape index (κ3) is 2.69. The Bertz CT molecular complexity index is 648. The van der Waals surface area contributed by atoms with E-state index in [4.69, 9.17) is 16.3 Å². The third-order valence-electron chi connectivity index (χ3n) is 3.28. The number of ether oxygens (including phenoxy) is 1. The second kappa shape index (κ2) is 5.64. The van der Waals surface area contributed by atoms with Gasteiger partial charge in [-0.3, -0.25) is 4.79 Å². The highest BCUT2D eigenvalue weighted by molar-refractivity contribution is 6.30. The first kappa shape index (κ1) is 13.1. The minimum absolute atomic E-state index is 0.204. The summed E-state index contributed by atoms with van der Waals surface area (Å²) in [5.41, 5.74) is 1.22. The lowest BCUT2D eigenvalue weighted by molar-refractivity contribution is 0.122. The van der Waals surface area contributed by atoms with Crippen molar-refractivity contribution < 1.29 is 4.74 Å².